The highest BCUT2D eigenvalue weighted by molar-refractivity contribution is 7.98. The summed E-state index contributed by atoms with van der Waals surface area (Å²) >= 11 is 1.65. The van der Waals surface area contributed by atoms with Gasteiger partial charge in [-0.3, -0.25) is 0 Å². The standard InChI is InChI=1S/C16H20N2OS/c1-20-16-8-4-6-13(12(16)11-17)18-9-10-19-15-7-3-2-5-14(15)18/h4,6,8,14-15H,2-3,5,7,9-10H2,1H3. The van der Waals surface area contributed by atoms with E-state index >= 15 is 0 Å². The largest absolute Gasteiger partial charge is 0.374 e. The topological polar surface area (TPSA) is 36.3 Å². The van der Waals surface area contributed by atoms with E-state index in [1.165, 1.54) is 19.3 Å². The second kappa shape index (κ2) is 6.07. The molecular weight excluding hydrogens is 268 g/mol. The molecule has 4 heteroatoms. The minimum absolute atomic E-state index is 0.349. The number of ether oxygens (including phenoxy) is 1. The molecule has 1 aromatic rings. The average Bonchev–Trinajstić information content (AvgIpc) is 2.53. The quantitative estimate of drug-likeness (QED) is 0.781. The molecule has 3 nitrogen and oxygen atoms in total. The molecule has 3 rings (SSSR count). The SMILES string of the molecule is CSc1cccc(N2CCOC3CCCCC32)c1C#N. The van der Waals surface area contributed by atoms with Gasteiger partial charge in [-0.15, -0.1) is 11.8 Å². The number of nitrogens with zero attached hydrogens (tertiary/aromatic N) is 2. The zero-order valence-electron chi connectivity index (χ0n) is 11.8. The predicted molar refractivity (Wildman–Crippen MR) is 82.3 cm³/mol. The monoisotopic (exact) mass is 288 g/mol. The Morgan fingerprint density at radius 3 is 3.00 bits per heavy atom. The summed E-state index contributed by atoms with van der Waals surface area (Å²) in [4.78, 5) is 3.50. The Morgan fingerprint density at radius 1 is 1.35 bits per heavy atom. The highest BCUT2D eigenvalue weighted by atomic mass is 32.2. The lowest BCUT2D eigenvalue weighted by molar-refractivity contribution is -0.00870. The van der Waals surface area contributed by atoms with Crippen molar-refractivity contribution in [2.24, 2.45) is 0 Å². The molecule has 0 bridgehead atoms. The third-order valence-electron chi connectivity index (χ3n) is 4.38. The maximum atomic E-state index is 9.54. The number of anilines is 1. The van der Waals surface area contributed by atoms with Gasteiger partial charge in [0.05, 0.1) is 30.0 Å². The van der Waals surface area contributed by atoms with Crippen molar-refractivity contribution in [2.75, 3.05) is 24.3 Å². The van der Waals surface area contributed by atoms with Gasteiger partial charge in [-0.2, -0.15) is 5.26 Å². The summed E-state index contributed by atoms with van der Waals surface area (Å²) in [5.41, 5.74) is 1.92. The van der Waals surface area contributed by atoms with Crippen LogP contribution in [0.2, 0.25) is 0 Å². The molecule has 1 saturated carbocycles. The number of thioether (sulfide) groups is 1. The number of hydrogen-bond acceptors (Lipinski definition) is 4. The fourth-order valence-corrected chi connectivity index (χ4v) is 4.01. The lowest BCUT2D eigenvalue weighted by Crippen LogP contribution is -2.53. The molecule has 2 unspecified atom stereocenters. The van der Waals surface area contributed by atoms with Gasteiger partial charge in [-0.25, -0.2) is 0 Å². The number of benzene rings is 1. The van der Waals surface area contributed by atoms with E-state index in [1.807, 2.05) is 12.3 Å². The molecular formula is C16H20N2OS. The molecule has 1 aromatic carbocycles. The summed E-state index contributed by atoms with van der Waals surface area (Å²) in [6.07, 6.45) is 7.25. The van der Waals surface area contributed by atoms with Crippen molar-refractivity contribution in [3.63, 3.8) is 0 Å². The molecule has 1 aliphatic carbocycles. The van der Waals surface area contributed by atoms with Crippen LogP contribution in [0.15, 0.2) is 23.1 Å². The van der Waals surface area contributed by atoms with Crippen LogP contribution in [-0.4, -0.2) is 31.6 Å². The minimum atomic E-state index is 0.349. The number of nitriles is 1. The Balaban J connectivity index is 1.97. The van der Waals surface area contributed by atoms with E-state index in [4.69, 9.17) is 4.74 Å². The Labute approximate surface area is 124 Å². The summed E-state index contributed by atoms with van der Waals surface area (Å²) in [7, 11) is 0. The van der Waals surface area contributed by atoms with Crippen LogP contribution in [0.25, 0.3) is 0 Å². The normalized spacial score (nSPS) is 25.9. The Bertz CT molecular complexity index is 524. The maximum absolute atomic E-state index is 9.54. The van der Waals surface area contributed by atoms with Crippen molar-refractivity contribution >= 4 is 17.4 Å². The zero-order chi connectivity index (χ0) is 13.9. The molecule has 0 aromatic heterocycles. The molecule has 0 N–H and O–H groups in total. The summed E-state index contributed by atoms with van der Waals surface area (Å²) in [6.45, 7) is 1.67. The fourth-order valence-electron chi connectivity index (χ4n) is 3.44. The van der Waals surface area contributed by atoms with Crippen molar-refractivity contribution in [1.29, 1.82) is 5.26 Å². The van der Waals surface area contributed by atoms with E-state index in [2.05, 4.69) is 23.1 Å². The number of rotatable bonds is 2. The first-order chi connectivity index (χ1) is 9.85. The van der Waals surface area contributed by atoms with Crippen LogP contribution in [0.1, 0.15) is 31.2 Å². The lowest BCUT2D eigenvalue weighted by atomic mass is 9.89. The van der Waals surface area contributed by atoms with E-state index in [9.17, 15) is 5.26 Å². The van der Waals surface area contributed by atoms with Crippen LogP contribution in [0.3, 0.4) is 0 Å². The molecule has 2 atom stereocenters. The summed E-state index contributed by atoms with van der Waals surface area (Å²) in [5, 5.41) is 9.54. The van der Waals surface area contributed by atoms with Crippen LogP contribution in [0.5, 0.6) is 0 Å². The highest BCUT2D eigenvalue weighted by Gasteiger charge is 2.35. The van der Waals surface area contributed by atoms with E-state index in [1.54, 1.807) is 11.8 Å². The van der Waals surface area contributed by atoms with Crippen LogP contribution >= 0.6 is 11.8 Å². The van der Waals surface area contributed by atoms with Gasteiger partial charge < -0.3 is 9.64 Å². The van der Waals surface area contributed by atoms with E-state index in [0.717, 1.165) is 35.7 Å². The first-order valence-electron chi connectivity index (χ1n) is 7.30. The molecule has 1 heterocycles. The van der Waals surface area contributed by atoms with Gasteiger partial charge in [0.2, 0.25) is 0 Å². The molecule has 1 aliphatic heterocycles. The Hall–Kier alpha value is -1.18. The molecule has 20 heavy (non-hydrogen) atoms. The van der Waals surface area contributed by atoms with E-state index in [-0.39, 0.29) is 0 Å². The average molecular weight is 288 g/mol. The first kappa shape index (κ1) is 13.8. The Kier molecular flexibility index (Phi) is 4.18. The predicted octanol–water partition coefficient (Wildman–Crippen LogP) is 3.43. The molecule has 2 fully saturated rings. The smallest absolute Gasteiger partial charge is 0.103 e. The highest BCUT2D eigenvalue weighted by Crippen LogP contribution is 2.36. The second-order valence-electron chi connectivity index (χ2n) is 5.42. The second-order valence-corrected chi connectivity index (χ2v) is 6.27. The third-order valence-corrected chi connectivity index (χ3v) is 5.16. The molecule has 2 aliphatic rings. The van der Waals surface area contributed by atoms with Gasteiger partial charge in [0.25, 0.3) is 0 Å². The van der Waals surface area contributed by atoms with Gasteiger partial charge in [-0.1, -0.05) is 18.9 Å². The van der Waals surface area contributed by atoms with Crippen molar-refractivity contribution in [3.05, 3.63) is 23.8 Å². The first-order valence-corrected chi connectivity index (χ1v) is 8.53. The van der Waals surface area contributed by atoms with Crippen LogP contribution < -0.4 is 4.90 Å². The zero-order valence-corrected chi connectivity index (χ0v) is 12.7. The molecule has 0 radical (unpaired) electrons. The van der Waals surface area contributed by atoms with Gasteiger partial charge in [-0.05, 0) is 31.2 Å². The van der Waals surface area contributed by atoms with Gasteiger partial charge in [0, 0.05) is 11.4 Å². The third kappa shape index (κ3) is 2.41. The number of morpholine rings is 1. The van der Waals surface area contributed by atoms with Crippen LogP contribution in [0, 0.1) is 11.3 Å². The van der Waals surface area contributed by atoms with Gasteiger partial charge >= 0.3 is 0 Å². The molecule has 0 spiro atoms. The maximum Gasteiger partial charge on any atom is 0.103 e. The minimum Gasteiger partial charge on any atom is -0.374 e. The van der Waals surface area contributed by atoms with E-state index < -0.39 is 0 Å². The molecule has 0 amide bonds. The van der Waals surface area contributed by atoms with Crippen molar-refractivity contribution in [2.45, 2.75) is 42.7 Å². The Morgan fingerprint density at radius 2 is 2.20 bits per heavy atom. The summed E-state index contributed by atoms with van der Waals surface area (Å²) in [6, 6.07) is 9.04. The summed E-state index contributed by atoms with van der Waals surface area (Å²) in [5.74, 6) is 0. The van der Waals surface area contributed by atoms with Crippen molar-refractivity contribution in [1.82, 2.24) is 0 Å². The number of fused-ring (bicyclic) bond motifs is 1. The van der Waals surface area contributed by atoms with Crippen molar-refractivity contribution in [3.8, 4) is 6.07 Å². The van der Waals surface area contributed by atoms with Gasteiger partial charge in [0.1, 0.15) is 6.07 Å². The fraction of sp³-hybridized carbons (Fsp3) is 0.562. The van der Waals surface area contributed by atoms with Crippen LogP contribution in [-0.2, 0) is 4.74 Å². The lowest BCUT2D eigenvalue weighted by Gasteiger charge is -2.45. The summed E-state index contributed by atoms with van der Waals surface area (Å²) < 4.78 is 5.93. The molecule has 106 valence electrons. The van der Waals surface area contributed by atoms with Crippen LogP contribution in [0.4, 0.5) is 5.69 Å². The van der Waals surface area contributed by atoms with E-state index in [0.29, 0.717) is 12.1 Å². The molecule has 1 saturated heterocycles. The van der Waals surface area contributed by atoms with Crippen molar-refractivity contribution < 1.29 is 4.74 Å². The number of hydrogen-bond donors (Lipinski definition) is 0. The van der Waals surface area contributed by atoms with Gasteiger partial charge in [0.15, 0.2) is 0 Å².